The van der Waals surface area contributed by atoms with Crippen molar-refractivity contribution in [1.82, 2.24) is 0 Å². The summed E-state index contributed by atoms with van der Waals surface area (Å²) >= 11 is 0. The van der Waals surface area contributed by atoms with E-state index in [0.717, 1.165) is 52.5 Å². The summed E-state index contributed by atoms with van der Waals surface area (Å²) in [6.07, 6.45) is 5.70. The van der Waals surface area contributed by atoms with Gasteiger partial charge in [0.15, 0.2) is 11.6 Å². The highest BCUT2D eigenvalue weighted by Gasteiger charge is 2.53. The van der Waals surface area contributed by atoms with Crippen LogP contribution in [-0.4, -0.2) is 41.5 Å². The number of fused-ring (bicyclic) bond motifs is 5. The molecule has 0 aromatic heterocycles. The minimum absolute atomic E-state index is 0.00622. The van der Waals surface area contributed by atoms with E-state index in [-0.39, 0.29) is 36.2 Å². The zero-order valence-corrected chi connectivity index (χ0v) is 26.6. The predicted octanol–water partition coefficient (Wildman–Crippen LogP) is 8.10. The molecule has 0 bridgehead atoms. The Bertz CT molecular complexity index is 1880. The minimum Gasteiger partial charge on any atom is -0.507 e. The van der Waals surface area contributed by atoms with Crippen LogP contribution in [0.5, 0.6) is 11.5 Å². The summed E-state index contributed by atoms with van der Waals surface area (Å²) in [5.41, 5.74) is 5.27. The van der Waals surface area contributed by atoms with Crippen molar-refractivity contribution >= 4 is 35.5 Å². The van der Waals surface area contributed by atoms with Crippen LogP contribution in [0.2, 0.25) is 6.32 Å². The molecule has 1 aliphatic heterocycles. The van der Waals surface area contributed by atoms with Crippen LogP contribution in [-0.2, 0) is 4.65 Å². The largest absolute Gasteiger partial charge is 0.507 e. The number of hydrogen-bond donors (Lipinski definition) is 2. The molecule has 238 valence electrons. The van der Waals surface area contributed by atoms with E-state index < -0.39 is 25.1 Å². The summed E-state index contributed by atoms with van der Waals surface area (Å²) in [6, 6.07) is 28.3. The number of phenolic OH excluding ortho intramolecular Hbond substituents is 1. The fourth-order valence-electron chi connectivity index (χ4n) is 8.05. The minimum atomic E-state index is -1.04. The molecule has 7 rings (SSSR count). The van der Waals surface area contributed by atoms with Gasteiger partial charge in [0.1, 0.15) is 18.1 Å². The molecule has 2 aliphatic carbocycles. The molecular weight excluding hydrogens is 587 g/mol. The first-order valence-electron chi connectivity index (χ1n) is 16.7. The molecule has 1 heterocycles. The van der Waals surface area contributed by atoms with Gasteiger partial charge in [-0.15, -0.1) is 0 Å². The SMILES string of the molecule is CCC/C(=C\c1ccc(O)c2ccccc12)CC[C@H]1OB(O)C[C@H]2C1=C(COc1ccccc1)C[C@H]1C(=O)c3ccccc3C(=O)[C@H]12. The maximum atomic E-state index is 14.1. The average molecular weight is 627 g/mol. The Morgan fingerprint density at radius 1 is 0.872 bits per heavy atom. The Hall–Kier alpha value is -4.46. The quantitative estimate of drug-likeness (QED) is 0.144. The van der Waals surface area contributed by atoms with Gasteiger partial charge in [-0.25, -0.2) is 0 Å². The summed E-state index contributed by atoms with van der Waals surface area (Å²) < 4.78 is 12.6. The maximum Gasteiger partial charge on any atom is 0.455 e. The molecule has 4 atom stereocenters. The highest BCUT2D eigenvalue weighted by atomic mass is 16.5. The molecule has 0 amide bonds. The molecule has 4 aromatic carbocycles. The molecule has 1 fully saturated rings. The van der Waals surface area contributed by atoms with Crippen molar-refractivity contribution in [3.05, 3.63) is 124 Å². The summed E-state index contributed by atoms with van der Waals surface area (Å²) in [5, 5.41) is 23.3. The Morgan fingerprint density at radius 2 is 1.57 bits per heavy atom. The average Bonchev–Trinajstić information content (AvgIpc) is 3.09. The number of Topliss-reactive ketones (excluding diaryl/α,β-unsaturated/α-hetero) is 2. The number of carbonyl (C=O) groups excluding carboxylic acids is 2. The van der Waals surface area contributed by atoms with Gasteiger partial charge in [0.2, 0.25) is 0 Å². The van der Waals surface area contributed by atoms with Crippen molar-refractivity contribution in [1.29, 1.82) is 0 Å². The van der Waals surface area contributed by atoms with Crippen molar-refractivity contribution in [2.24, 2.45) is 17.8 Å². The van der Waals surface area contributed by atoms with Gasteiger partial charge in [-0.3, -0.25) is 9.59 Å². The molecule has 3 aliphatic rings. The van der Waals surface area contributed by atoms with Crippen molar-refractivity contribution in [2.45, 2.75) is 51.5 Å². The molecular formula is C40H39BO6. The van der Waals surface area contributed by atoms with E-state index in [1.807, 2.05) is 72.8 Å². The molecule has 0 spiro atoms. The molecule has 2 N–H and O–H groups in total. The Labute approximate surface area is 275 Å². The van der Waals surface area contributed by atoms with Gasteiger partial charge in [0.25, 0.3) is 0 Å². The molecule has 6 nitrogen and oxygen atoms in total. The first kappa shape index (κ1) is 31.2. The zero-order chi connectivity index (χ0) is 32.5. The number of allylic oxidation sites excluding steroid dienone is 1. The fraction of sp³-hybridized carbons (Fsp3) is 0.300. The number of phenols is 1. The summed E-state index contributed by atoms with van der Waals surface area (Å²) in [6.45, 7) is 2.45. The van der Waals surface area contributed by atoms with Gasteiger partial charge in [-0.1, -0.05) is 97.8 Å². The number of ether oxygens (including phenoxy) is 1. The third-order valence-corrected chi connectivity index (χ3v) is 10.1. The normalized spacial score (nSPS) is 22.6. The lowest BCUT2D eigenvalue weighted by molar-refractivity contribution is 0.0592. The van der Waals surface area contributed by atoms with E-state index in [9.17, 15) is 19.7 Å². The van der Waals surface area contributed by atoms with Gasteiger partial charge in [-0.2, -0.15) is 0 Å². The van der Waals surface area contributed by atoms with Crippen LogP contribution >= 0.6 is 0 Å². The summed E-state index contributed by atoms with van der Waals surface area (Å²) in [4.78, 5) is 28.0. The number of aromatic hydroxyl groups is 1. The Morgan fingerprint density at radius 3 is 2.34 bits per heavy atom. The molecule has 0 saturated carbocycles. The van der Waals surface area contributed by atoms with E-state index in [1.54, 1.807) is 18.2 Å². The van der Waals surface area contributed by atoms with Crippen LogP contribution < -0.4 is 4.74 Å². The van der Waals surface area contributed by atoms with Crippen molar-refractivity contribution < 1.29 is 29.1 Å². The summed E-state index contributed by atoms with van der Waals surface area (Å²) in [5.74, 6) is -0.383. The number of benzene rings is 4. The number of para-hydroxylation sites is 1. The van der Waals surface area contributed by atoms with Crippen LogP contribution in [0.15, 0.2) is 108 Å². The number of hydrogen-bond acceptors (Lipinski definition) is 6. The van der Waals surface area contributed by atoms with Crippen LogP contribution in [0, 0.1) is 17.8 Å². The van der Waals surface area contributed by atoms with Crippen LogP contribution in [0.25, 0.3) is 16.8 Å². The second-order valence-corrected chi connectivity index (χ2v) is 13.0. The van der Waals surface area contributed by atoms with E-state index in [4.69, 9.17) is 9.39 Å². The third-order valence-electron chi connectivity index (χ3n) is 10.1. The van der Waals surface area contributed by atoms with E-state index >= 15 is 0 Å². The predicted molar refractivity (Wildman–Crippen MR) is 185 cm³/mol. The fourth-order valence-corrected chi connectivity index (χ4v) is 8.05. The molecule has 47 heavy (non-hydrogen) atoms. The number of carbonyl (C=O) groups is 2. The molecule has 0 radical (unpaired) electrons. The highest BCUT2D eigenvalue weighted by Crippen LogP contribution is 2.51. The first-order valence-corrected chi connectivity index (χ1v) is 16.7. The van der Waals surface area contributed by atoms with Crippen molar-refractivity contribution in [3.8, 4) is 11.5 Å². The van der Waals surface area contributed by atoms with Crippen molar-refractivity contribution in [3.63, 3.8) is 0 Å². The van der Waals surface area contributed by atoms with E-state index in [1.165, 1.54) is 5.57 Å². The van der Waals surface area contributed by atoms with Gasteiger partial charge in [0.05, 0.1) is 6.10 Å². The van der Waals surface area contributed by atoms with E-state index in [2.05, 4.69) is 13.0 Å². The smallest absolute Gasteiger partial charge is 0.455 e. The lowest BCUT2D eigenvalue weighted by Crippen LogP contribution is -2.51. The lowest BCUT2D eigenvalue weighted by Gasteiger charge is -2.47. The topological polar surface area (TPSA) is 93.1 Å². The van der Waals surface area contributed by atoms with Crippen LogP contribution in [0.4, 0.5) is 0 Å². The van der Waals surface area contributed by atoms with Gasteiger partial charge < -0.3 is 19.5 Å². The second kappa shape index (κ2) is 13.3. The lowest BCUT2D eigenvalue weighted by atomic mass is 9.54. The first-order chi connectivity index (χ1) is 22.9. The standard InChI is InChI=1S/C40H39BO6/c1-2-10-25(21-26-18-19-35(42)30-14-7-6-13-29(26)30)17-20-36-37-27(24-46-28-11-4-3-5-12-28)22-33-38(34(37)23-41(45)47-36)40(44)32-16-9-8-15-31(32)39(33)43/h3-9,11-16,18-19,21,33-34,36,38,42,45H,2,10,17,20,22-24H2,1H3/b25-21+/t33-,34+,36-,38-/m1/s1. The third kappa shape index (κ3) is 6.06. The summed E-state index contributed by atoms with van der Waals surface area (Å²) in [7, 11) is -1.04. The van der Waals surface area contributed by atoms with Gasteiger partial charge in [-0.05, 0) is 78.2 Å². The monoisotopic (exact) mass is 626 g/mol. The van der Waals surface area contributed by atoms with E-state index in [0.29, 0.717) is 24.0 Å². The van der Waals surface area contributed by atoms with Crippen LogP contribution in [0.3, 0.4) is 0 Å². The van der Waals surface area contributed by atoms with Gasteiger partial charge >= 0.3 is 7.12 Å². The van der Waals surface area contributed by atoms with Gasteiger partial charge in [0, 0.05) is 28.3 Å². The maximum absolute atomic E-state index is 14.1. The Balaban J connectivity index is 1.24. The highest BCUT2D eigenvalue weighted by molar-refractivity contribution is 6.43. The zero-order valence-electron chi connectivity index (χ0n) is 26.6. The molecule has 4 aromatic rings. The molecule has 1 saturated heterocycles. The van der Waals surface area contributed by atoms with Crippen molar-refractivity contribution in [2.75, 3.05) is 6.61 Å². The Kier molecular flexibility index (Phi) is 8.85. The molecule has 0 unspecified atom stereocenters. The van der Waals surface area contributed by atoms with Crippen LogP contribution in [0.1, 0.15) is 65.3 Å². The number of rotatable bonds is 9. The number of ketones is 2. The second-order valence-electron chi connectivity index (χ2n) is 13.0. The molecule has 7 heteroatoms.